The third kappa shape index (κ3) is 2.88. The number of hydrogen-bond donors (Lipinski definition) is 0. The van der Waals surface area contributed by atoms with E-state index in [-0.39, 0.29) is 0 Å². The number of benzene rings is 2. The van der Waals surface area contributed by atoms with E-state index in [2.05, 4.69) is 31.2 Å². The summed E-state index contributed by atoms with van der Waals surface area (Å²) in [5, 5.41) is 9.68. The zero-order valence-electron chi connectivity index (χ0n) is 16.6. The Morgan fingerprint density at radius 2 is 1.77 bits per heavy atom. The minimum Gasteiger partial charge on any atom is -0.306 e. The van der Waals surface area contributed by atoms with Gasteiger partial charge < -0.3 is 4.85 Å². The van der Waals surface area contributed by atoms with Gasteiger partial charge in [-0.1, -0.05) is 17.3 Å². The van der Waals surface area contributed by atoms with Crippen LogP contribution in [0.15, 0.2) is 73.2 Å². The summed E-state index contributed by atoms with van der Waals surface area (Å²) >= 11 is 0. The number of pyridine rings is 2. The van der Waals surface area contributed by atoms with E-state index in [1.54, 1.807) is 12.4 Å². The van der Waals surface area contributed by atoms with E-state index in [4.69, 9.17) is 6.57 Å². The fraction of sp³-hybridized carbons (Fsp3) is 0.125. The maximum Gasteiger partial charge on any atom is 0.252 e. The van der Waals surface area contributed by atoms with Crippen molar-refractivity contribution in [2.24, 2.45) is 0 Å². The summed E-state index contributed by atoms with van der Waals surface area (Å²) in [6.45, 7) is 11.2. The summed E-state index contributed by atoms with van der Waals surface area (Å²) in [6.07, 6.45) is 5.37. The zero-order valence-corrected chi connectivity index (χ0v) is 16.6. The van der Waals surface area contributed by atoms with Crippen molar-refractivity contribution in [3.63, 3.8) is 0 Å². The summed E-state index contributed by atoms with van der Waals surface area (Å²) in [4.78, 5) is 12.5. The van der Waals surface area contributed by atoms with Crippen molar-refractivity contribution in [2.45, 2.75) is 19.4 Å². The van der Waals surface area contributed by atoms with Gasteiger partial charge in [0.2, 0.25) is 0 Å². The molecule has 0 spiro atoms. The van der Waals surface area contributed by atoms with Crippen LogP contribution in [0.25, 0.3) is 43.6 Å². The lowest BCUT2D eigenvalue weighted by Crippen LogP contribution is -2.11. The standard InChI is InChI=1S/C24H18N6/c1-24(2,25-3)18-7-9-19(10-8-18)30-23-20-13-16(17-5-4-12-26-14-17)6-11-21(20)27-15-22(23)28-29-30/h4-15H,1-2H3. The topological polar surface area (TPSA) is 60.9 Å². The second-order valence-corrected chi connectivity index (χ2v) is 7.68. The maximum atomic E-state index is 7.41. The number of fused-ring (bicyclic) bond motifs is 3. The van der Waals surface area contributed by atoms with Crippen LogP contribution in [0.5, 0.6) is 0 Å². The molecule has 2 aromatic carbocycles. The van der Waals surface area contributed by atoms with Crippen molar-refractivity contribution in [1.29, 1.82) is 0 Å². The average molecular weight is 390 g/mol. The van der Waals surface area contributed by atoms with Gasteiger partial charge in [0.25, 0.3) is 5.54 Å². The lowest BCUT2D eigenvalue weighted by Gasteiger charge is -2.12. The number of rotatable bonds is 3. The van der Waals surface area contributed by atoms with Crippen molar-refractivity contribution in [3.8, 4) is 16.8 Å². The van der Waals surface area contributed by atoms with Crippen LogP contribution in [0.3, 0.4) is 0 Å². The van der Waals surface area contributed by atoms with E-state index in [0.29, 0.717) is 0 Å². The molecule has 3 heterocycles. The van der Waals surface area contributed by atoms with Crippen molar-refractivity contribution < 1.29 is 0 Å². The lowest BCUT2D eigenvalue weighted by molar-refractivity contribution is 0.663. The quantitative estimate of drug-likeness (QED) is 0.398. The summed E-state index contributed by atoms with van der Waals surface area (Å²) in [5.74, 6) is 0. The molecule has 3 aromatic heterocycles. The molecule has 0 unspecified atom stereocenters. The van der Waals surface area contributed by atoms with Crippen molar-refractivity contribution in [2.75, 3.05) is 0 Å². The highest BCUT2D eigenvalue weighted by molar-refractivity contribution is 6.04. The smallest absolute Gasteiger partial charge is 0.252 e. The van der Waals surface area contributed by atoms with Gasteiger partial charge in [-0.3, -0.25) is 9.97 Å². The van der Waals surface area contributed by atoms with Gasteiger partial charge in [0, 0.05) is 42.8 Å². The Hall–Kier alpha value is -4.11. The largest absolute Gasteiger partial charge is 0.306 e. The third-order valence-corrected chi connectivity index (χ3v) is 5.37. The van der Waals surface area contributed by atoms with E-state index >= 15 is 0 Å². The zero-order chi connectivity index (χ0) is 20.7. The van der Waals surface area contributed by atoms with Crippen LogP contribution >= 0.6 is 0 Å². The Balaban J connectivity index is 1.70. The predicted octanol–water partition coefficient (Wildman–Crippen LogP) is 5.19. The third-order valence-electron chi connectivity index (χ3n) is 5.37. The first-order valence-electron chi connectivity index (χ1n) is 9.61. The molecule has 0 aliphatic rings. The Bertz CT molecular complexity index is 1410. The van der Waals surface area contributed by atoms with Crippen molar-refractivity contribution in [1.82, 2.24) is 25.0 Å². The molecular weight excluding hydrogens is 372 g/mol. The first-order chi connectivity index (χ1) is 14.6. The van der Waals surface area contributed by atoms with Crippen LogP contribution in [-0.4, -0.2) is 25.0 Å². The van der Waals surface area contributed by atoms with E-state index in [9.17, 15) is 0 Å². The molecule has 0 aliphatic heterocycles. The highest BCUT2D eigenvalue weighted by atomic mass is 15.4. The van der Waals surface area contributed by atoms with Gasteiger partial charge in [-0.15, -0.1) is 5.10 Å². The molecule has 5 rings (SSSR count). The van der Waals surface area contributed by atoms with Crippen LogP contribution in [-0.2, 0) is 5.54 Å². The molecule has 0 radical (unpaired) electrons. The van der Waals surface area contributed by atoms with Gasteiger partial charge in [-0.2, -0.15) is 0 Å². The van der Waals surface area contributed by atoms with E-state index < -0.39 is 5.54 Å². The minimum atomic E-state index is -0.557. The Morgan fingerprint density at radius 1 is 0.933 bits per heavy atom. The molecule has 0 aliphatic carbocycles. The van der Waals surface area contributed by atoms with Gasteiger partial charge in [0.1, 0.15) is 11.0 Å². The molecular formula is C24H18N6. The minimum absolute atomic E-state index is 0.557. The van der Waals surface area contributed by atoms with Gasteiger partial charge in [-0.05, 0) is 48.0 Å². The average Bonchev–Trinajstić information content (AvgIpc) is 3.24. The Labute approximate surface area is 173 Å². The van der Waals surface area contributed by atoms with Crippen LogP contribution in [0.4, 0.5) is 0 Å². The molecule has 0 saturated carbocycles. The number of hydrogen-bond acceptors (Lipinski definition) is 4. The monoisotopic (exact) mass is 390 g/mol. The molecule has 5 aromatic rings. The summed E-state index contributed by atoms with van der Waals surface area (Å²) < 4.78 is 1.83. The van der Waals surface area contributed by atoms with Crippen LogP contribution < -0.4 is 0 Å². The van der Waals surface area contributed by atoms with Gasteiger partial charge >= 0.3 is 0 Å². The maximum absolute atomic E-state index is 7.41. The van der Waals surface area contributed by atoms with Crippen molar-refractivity contribution >= 4 is 21.9 Å². The highest BCUT2D eigenvalue weighted by Gasteiger charge is 2.25. The van der Waals surface area contributed by atoms with E-state index in [0.717, 1.165) is 44.3 Å². The molecule has 6 heteroatoms. The number of aromatic nitrogens is 5. The fourth-order valence-electron chi connectivity index (χ4n) is 3.57. The summed E-state index contributed by atoms with van der Waals surface area (Å²) in [7, 11) is 0. The second kappa shape index (κ2) is 6.75. The molecule has 0 bridgehead atoms. The van der Waals surface area contributed by atoms with Crippen LogP contribution in [0.2, 0.25) is 0 Å². The Kier molecular flexibility index (Phi) is 4.04. The van der Waals surface area contributed by atoms with Gasteiger partial charge in [0.15, 0.2) is 0 Å². The molecule has 6 nitrogen and oxygen atoms in total. The number of nitrogens with zero attached hydrogens (tertiary/aromatic N) is 6. The molecule has 0 fully saturated rings. The summed E-state index contributed by atoms with van der Waals surface area (Å²) in [6, 6.07) is 18.0. The molecule has 0 atom stereocenters. The first-order valence-corrected chi connectivity index (χ1v) is 9.61. The highest BCUT2D eigenvalue weighted by Crippen LogP contribution is 2.30. The SMILES string of the molecule is [C-]#[N+]C(C)(C)c1ccc(-n2nnc3cnc4ccc(-c5cccnc5)cc4c32)cc1. The van der Waals surface area contributed by atoms with Gasteiger partial charge in [0.05, 0.1) is 17.4 Å². The normalized spacial score (nSPS) is 11.6. The predicted molar refractivity (Wildman–Crippen MR) is 117 cm³/mol. The lowest BCUT2D eigenvalue weighted by atomic mass is 9.95. The second-order valence-electron chi connectivity index (χ2n) is 7.68. The summed E-state index contributed by atoms with van der Waals surface area (Å²) in [5.41, 5.74) is 5.92. The van der Waals surface area contributed by atoms with E-state index in [1.807, 2.05) is 73.3 Å². The van der Waals surface area contributed by atoms with Crippen LogP contribution in [0, 0.1) is 6.57 Å². The van der Waals surface area contributed by atoms with E-state index in [1.165, 1.54) is 0 Å². The molecule has 144 valence electrons. The van der Waals surface area contributed by atoms with Gasteiger partial charge in [-0.25, -0.2) is 11.3 Å². The van der Waals surface area contributed by atoms with Crippen molar-refractivity contribution in [3.05, 3.63) is 90.2 Å². The molecule has 0 amide bonds. The first kappa shape index (κ1) is 18.0. The van der Waals surface area contributed by atoms with Crippen LogP contribution in [0.1, 0.15) is 19.4 Å². The molecule has 0 saturated heterocycles. The Morgan fingerprint density at radius 3 is 2.50 bits per heavy atom. The fourth-order valence-corrected chi connectivity index (χ4v) is 3.57. The molecule has 30 heavy (non-hydrogen) atoms. The molecule has 0 N–H and O–H groups in total.